The summed E-state index contributed by atoms with van der Waals surface area (Å²) >= 11 is 3.38. The van der Waals surface area contributed by atoms with E-state index in [-0.39, 0.29) is 18.4 Å². The molecular formula is C11H12BrNO2. The predicted molar refractivity (Wildman–Crippen MR) is 61.3 cm³/mol. The van der Waals surface area contributed by atoms with Gasteiger partial charge in [-0.1, -0.05) is 15.9 Å². The van der Waals surface area contributed by atoms with Crippen LogP contribution >= 0.6 is 15.9 Å². The van der Waals surface area contributed by atoms with Crippen molar-refractivity contribution in [1.29, 1.82) is 0 Å². The average molecular weight is 270 g/mol. The average Bonchev–Trinajstić information content (AvgIpc) is 2.55. The molecule has 0 radical (unpaired) electrons. The summed E-state index contributed by atoms with van der Waals surface area (Å²) in [5.41, 5.74) is 7.03. The SMILES string of the molecule is CC1Cc2cc(Br)cc(C(=O)CN)c2O1. The third-order valence-corrected chi connectivity index (χ3v) is 2.90. The highest BCUT2D eigenvalue weighted by Crippen LogP contribution is 2.35. The standard InChI is InChI=1S/C11H12BrNO2/c1-6-2-7-3-8(12)4-9(10(14)5-13)11(7)15-6/h3-4,6H,2,5,13H2,1H3. The number of benzene rings is 1. The van der Waals surface area contributed by atoms with Gasteiger partial charge in [-0.25, -0.2) is 0 Å². The normalized spacial score (nSPS) is 18.5. The summed E-state index contributed by atoms with van der Waals surface area (Å²) in [4.78, 5) is 11.6. The fourth-order valence-electron chi connectivity index (χ4n) is 1.81. The number of fused-ring (bicyclic) bond motifs is 1. The third-order valence-electron chi connectivity index (χ3n) is 2.44. The number of halogens is 1. The van der Waals surface area contributed by atoms with Gasteiger partial charge in [-0.3, -0.25) is 4.79 Å². The maximum Gasteiger partial charge on any atom is 0.180 e. The summed E-state index contributed by atoms with van der Waals surface area (Å²) in [6.45, 7) is 2.01. The molecule has 1 aliphatic rings. The van der Waals surface area contributed by atoms with E-state index >= 15 is 0 Å². The molecule has 80 valence electrons. The molecule has 0 saturated heterocycles. The van der Waals surface area contributed by atoms with E-state index in [0.29, 0.717) is 11.3 Å². The number of carbonyl (C=O) groups excluding carboxylic acids is 1. The number of Topliss-reactive ketones (excluding diaryl/α,β-unsaturated/α-hetero) is 1. The Labute approximate surface area is 96.7 Å². The Balaban J connectivity index is 2.52. The molecular weight excluding hydrogens is 258 g/mol. The van der Waals surface area contributed by atoms with Crippen LogP contribution in [-0.2, 0) is 6.42 Å². The molecule has 2 rings (SSSR count). The second-order valence-corrected chi connectivity index (χ2v) is 4.62. The van der Waals surface area contributed by atoms with Crippen LogP contribution < -0.4 is 10.5 Å². The lowest BCUT2D eigenvalue weighted by Gasteiger charge is -2.08. The van der Waals surface area contributed by atoms with Gasteiger partial charge in [0.05, 0.1) is 12.1 Å². The molecule has 0 fully saturated rings. The van der Waals surface area contributed by atoms with E-state index in [9.17, 15) is 4.79 Å². The third kappa shape index (κ3) is 1.92. The summed E-state index contributed by atoms with van der Waals surface area (Å²) in [5.74, 6) is 0.628. The van der Waals surface area contributed by atoms with Crippen molar-refractivity contribution in [3.8, 4) is 5.75 Å². The van der Waals surface area contributed by atoms with Crippen LogP contribution in [0, 0.1) is 0 Å². The Morgan fingerprint density at radius 3 is 3.07 bits per heavy atom. The summed E-state index contributed by atoms with van der Waals surface area (Å²) < 4.78 is 6.52. The van der Waals surface area contributed by atoms with E-state index in [4.69, 9.17) is 10.5 Å². The predicted octanol–water partition coefficient (Wildman–Crippen LogP) is 1.91. The van der Waals surface area contributed by atoms with Crippen LogP contribution in [0.5, 0.6) is 5.75 Å². The molecule has 15 heavy (non-hydrogen) atoms. The largest absolute Gasteiger partial charge is 0.489 e. The van der Waals surface area contributed by atoms with Crippen LogP contribution in [0.25, 0.3) is 0 Å². The number of hydrogen-bond acceptors (Lipinski definition) is 3. The first-order chi connectivity index (χ1) is 7.11. The highest BCUT2D eigenvalue weighted by Gasteiger charge is 2.25. The van der Waals surface area contributed by atoms with E-state index in [0.717, 1.165) is 16.5 Å². The van der Waals surface area contributed by atoms with Crippen molar-refractivity contribution in [2.75, 3.05) is 6.54 Å². The Hall–Kier alpha value is -0.870. The highest BCUT2D eigenvalue weighted by molar-refractivity contribution is 9.10. The number of ketones is 1. The first-order valence-electron chi connectivity index (χ1n) is 4.84. The van der Waals surface area contributed by atoms with Gasteiger partial charge in [-0.15, -0.1) is 0 Å². The molecule has 1 aromatic carbocycles. The van der Waals surface area contributed by atoms with Crippen molar-refractivity contribution in [1.82, 2.24) is 0 Å². The van der Waals surface area contributed by atoms with Crippen molar-refractivity contribution in [3.05, 3.63) is 27.7 Å². The second kappa shape index (κ2) is 3.94. The first kappa shape index (κ1) is 10.6. The molecule has 1 aromatic rings. The molecule has 1 atom stereocenters. The van der Waals surface area contributed by atoms with Crippen LogP contribution in [0.1, 0.15) is 22.8 Å². The van der Waals surface area contributed by atoms with Gasteiger partial charge in [0.1, 0.15) is 11.9 Å². The van der Waals surface area contributed by atoms with Crippen molar-refractivity contribution in [2.24, 2.45) is 5.73 Å². The molecule has 1 unspecified atom stereocenters. The van der Waals surface area contributed by atoms with Crippen molar-refractivity contribution in [2.45, 2.75) is 19.4 Å². The highest BCUT2D eigenvalue weighted by atomic mass is 79.9. The fraction of sp³-hybridized carbons (Fsp3) is 0.364. The molecule has 0 spiro atoms. The van der Waals surface area contributed by atoms with Crippen molar-refractivity contribution in [3.63, 3.8) is 0 Å². The van der Waals surface area contributed by atoms with E-state index in [2.05, 4.69) is 15.9 Å². The van der Waals surface area contributed by atoms with Crippen LogP contribution in [0.3, 0.4) is 0 Å². The van der Waals surface area contributed by atoms with Gasteiger partial charge in [0.25, 0.3) is 0 Å². The molecule has 2 N–H and O–H groups in total. The van der Waals surface area contributed by atoms with Gasteiger partial charge in [0, 0.05) is 10.9 Å². The summed E-state index contributed by atoms with van der Waals surface area (Å²) in [6, 6.07) is 3.76. The van der Waals surface area contributed by atoms with Gasteiger partial charge < -0.3 is 10.5 Å². The summed E-state index contributed by atoms with van der Waals surface area (Å²) in [5, 5.41) is 0. The van der Waals surface area contributed by atoms with Crippen LogP contribution in [0.15, 0.2) is 16.6 Å². The van der Waals surface area contributed by atoms with Gasteiger partial charge in [0.2, 0.25) is 0 Å². The van der Waals surface area contributed by atoms with Gasteiger partial charge in [0.15, 0.2) is 5.78 Å². The Morgan fingerprint density at radius 2 is 2.40 bits per heavy atom. The van der Waals surface area contributed by atoms with Gasteiger partial charge >= 0.3 is 0 Å². The smallest absolute Gasteiger partial charge is 0.180 e. The Bertz CT molecular complexity index is 417. The maximum atomic E-state index is 11.6. The molecule has 0 saturated carbocycles. The van der Waals surface area contributed by atoms with Gasteiger partial charge in [-0.2, -0.15) is 0 Å². The number of hydrogen-bond donors (Lipinski definition) is 1. The topological polar surface area (TPSA) is 52.3 Å². The molecule has 0 bridgehead atoms. The number of ether oxygens (including phenoxy) is 1. The number of rotatable bonds is 2. The molecule has 1 heterocycles. The monoisotopic (exact) mass is 269 g/mol. The van der Waals surface area contributed by atoms with Gasteiger partial charge in [-0.05, 0) is 24.6 Å². The number of carbonyl (C=O) groups is 1. The van der Waals surface area contributed by atoms with Crippen molar-refractivity contribution >= 4 is 21.7 Å². The molecule has 0 amide bonds. The minimum absolute atomic E-state index is 0.0145. The Morgan fingerprint density at radius 1 is 1.67 bits per heavy atom. The maximum absolute atomic E-state index is 11.6. The zero-order chi connectivity index (χ0) is 11.0. The minimum Gasteiger partial charge on any atom is -0.489 e. The fourth-order valence-corrected chi connectivity index (χ4v) is 2.32. The summed E-state index contributed by atoms with van der Waals surface area (Å²) in [6.07, 6.45) is 0.984. The lowest BCUT2D eigenvalue weighted by Crippen LogP contribution is -2.15. The van der Waals surface area contributed by atoms with Crippen molar-refractivity contribution < 1.29 is 9.53 Å². The molecule has 0 aromatic heterocycles. The van der Waals surface area contributed by atoms with Crippen LogP contribution in [-0.4, -0.2) is 18.4 Å². The summed E-state index contributed by atoms with van der Waals surface area (Å²) in [7, 11) is 0. The lowest BCUT2D eigenvalue weighted by atomic mass is 10.0. The zero-order valence-corrected chi connectivity index (χ0v) is 10.0. The van der Waals surface area contributed by atoms with E-state index in [1.54, 1.807) is 6.07 Å². The Kier molecular flexibility index (Phi) is 2.80. The molecule has 0 aliphatic carbocycles. The lowest BCUT2D eigenvalue weighted by molar-refractivity contribution is 0.0997. The minimum atomic E-state index is -0.0818. The zero-order valence-electron chi connectivity index (χ0n) is 8.42. The van der Waals surface area contributed by atoms with Crippen LogP contribution in [0.4, 0.5) is 0 Å². The first-order valence-corrected chi connectivity index (χ1v) is 5.63. The molecule has 4 heteroatoms. The quantitative estimate of drug-likeness (QED) is 0.835. The second-order valence-electron chi connectivity index (χ2n) is 3.70. The molecule has 3 nitrogen and oxygen atoms in total. The van der Waals surface area contributed by atoms with E-state index in [1.165, 1.54) is 0 Å². The van der Waals surface area contributed by atoms with Crippen LogP contribution in [0.2, 0.25) is 0 Å². The van der Waals surface area contributed by atoms with E-state index in [1.807, 2.05) is 13.0 Å². The van der Waals surface area contributed by atoms with E-state index < -0.39 is 0 Å². The molecule has 1 aliphatic heterocycles. The number of nitrogens with two attached hydrogens (primary N) is 1.